The summed E-state index contributed by atoms with van der Waals surface area (Å²) in [6.45, 7) is 1.89. The molecule has 23 heavy (non-hydrogen) atoms. The highest BCUT2D eigenvalue weighted by Gasteiger charge is 2.09. The number of nitro benzene ring substituents is 2. The predicted octanol–water partition coefficient (Wildman–Crippen LogP) is 3.86. The third kappa shape index (κ3) is 5.84. The van der Waals surface area contributed by atoms with Crippen molar-refractivity contribution in [3.63, 3.8) is 0 Å². The Bertz CT molecular complexity index is 674. The van der Waals surface area contributed by atoms with Crippen molar-refractivity contribution in [3.8, 4) is 0 Å². The lowest BCUT2D eigenvalue weighted by molar-refractivity contribution is -0.385. The van der Waals surface area contributed by atoms with Gasteiger partial charge in [0.2, 0.25) is 0 Å². The third-order valence-electron chi connectivity index (χ3n) is 3.00. The van der Waals surface area contributed by atoms with Crippen molar-refractivity contribution in [1.82, 2.24) is 4.48 Å². The van der Waals surface area contributed by atoms with Crippen LogP contribution in [0.3, 0.4) is 0 Å². The second-order valence-corrected chi connectivity index (χ2v) is 5.55. The number of aryl methyl sites for hydroxylation is 1. The second kappa shape index (κ2) is 7.46. The van der Waals surface area contributed by atoms with Gasteiger partial charge in [0, 0.05) is 50.5 Å². The van der Waals surface area contributed by atoms with Crippen LogP contribution in [0.4, 0.5) is 17.1 Å². The largest absolute Gasteiger partial charge is 0.429 e. The number of hydrogen-bond acceptors (Lipinski definition) is 4. The van der Waals surface area contributed by atoms with Crippen LogP contribution in [-0.2, 0) is 0 Å². The van der Waals surface area contributed by atoms with Gasteiger partial charge in [-0.15, -0.1) is 7.05 Å². The number of benzene rings is 2. The molecule has 0 aliphatic rings. The van der Waals surface area contributed by atoms with Crippen LogP contribution in [0.25, 0.3) is 0 Å². The van der Waals surface area contributed by atoms with Crippen molar-refractivity contribution in [1.29, 1.82) is 0 Å². The van der Waals surface area contributed by atoms with Crippen LogP contribution in [0, 0.1) is 34.2 Å². The molecule has 0 amide bonds. The summed E-state index contributed by atoms with van der Waals surface area (Å²) in [5, 5.41) is 20.5. The van der Waals surface area contributed by atoms with Crippen LogP contribution < -0.4 is 4.48 Å². The molecule has 122 valence electrons. The maximum atomic E-state index is 10.3. The first-order valence-electron chi connectivity index (χ1n) is 6.75. The van der Waals surface area contributed by atoms with Crippen molar-refractivity contribution in [2.75, 3.05) is 14.1 Å². The highest BCUT2D eigenvalue weighted by molar-refractivity contribution is 5.47. The number of rotatable bonds is 3. The van der Waals surface area contributed by atoms with Gasteiger partial charge in [-0.25, -0.2) is 0 Å². The predicted molar refractivity (Wildman–Crippen MR) is 89.9 cm³/mol. The van der Waals surface area contributed by atoms with E-state index in [-0.39, 0.29) is 11.4 Å². The number of nitro groups is 2. The van der Waals surface area contributed by atoms with E-state index in [9.17, 15) is 20.2 Å². The molecule has 0 N–H and O–H groups in total. The molecule has 2 rings (SSSR count). The number of non-ortho nitro benzene ring substituents is 2. The zero-order valence-electron chi connectivity index (χ0n) is 13.3. The van der Waals surface area contributed by atoms with E-state index < -0.39 is 9.85 Å². The van der Waals surface area contributed by atoms with Gasteiger partial charge in [0.25, 0.3) is 11.4 Å². The van der Waals surface area contributed by atoms with E-state index in [1.54, 1.807) is 24.3 Å². The van der Waals surface area contributed by atoms with E-state index in [2.05, 4.69) is 7.05 Å². The molecule has 0 bridgehead atoms. The second-order valence-electron chi connectivity index (χ2n) is 5.55. The Morgan fingerprint density at radius 1 is 0.826 bits per heavy atom. The monoisotopic (exact) mass is 317 g/mol. The minimum absolute atomic E-state index is 0.109. The van der Waals surface area contributed by atoms with Gasteiger partial charge in [-0.1, -0.05) is 17.7 Å². The fraction of sp³-hybridized carbons (Fsp3) is 0.188. The van der Waals surface area contributed by atoms with Gasteiger partial charge in [-0.05, 0) is 6.92 Å². The Labute approximate surface area is 134 Å². The minimum Gasteiger partial charge on any atom is -0.429 e. The van der Waals surface area contributed by atoms with Gasteiger partial charge in [0.15, 0.2) is 0 Å². The van der Waals surface area contributed by atoms with Gasteiger partial charge in [-0.3, -0.25) is 20.2 Å². The SMILES string of the molecule is Cc1ccc([N+](=O)[O-])cc1.[CH2-][N+](C)(C)c1ccc([N+](=O)[O-])cc1. The topological polar surface area (TPSA) is 86.3 Å². The molecule has 0 atom stereocenters. The zero-order valence-corrected chi connectivity index (χ0v) is 13.3. The Morgan fingerprint density at radius 2 is 1.17 bits per heavy atom. The molecular formula is C16H19N3O4. The number of nitrogens with zero attached hydrogens (tertiary/aromatic N) is 3. The van der Waals surface area contributed by atoms with Crippen molar-refractivity contribution in [2.24, 2.45) is 0 Å². The highest BCUT2D eigenvalue weighted by atomic mass is 16.6. The third-order valence-corrected chi connectivity index (χ3v) is 3.00. The highest BCUT2D eigenvalue weighted by Crippen LogP contribution is 2.21. The van der Waals surface area contributed by atoms with Gasteiger partial charge in [-0.2, -0.15) is 0 Å². The molecule has 0 spiro atoms. The van der Waals surface area contributed by atoms with Crippen LogP contribution in [0.2, 0.25) is 0 Å². The van der Waals surface area contributed by atoms with Crippen molar-refractivity contribution in [3.05, 3.63) is 81.4 Å². The van der Waals surface area contributed by atoms with Crippen molar-refractivity contribution < 1.29 is 9.85 Å². The molecule has 7 heteroatoms. The van der Waals surface area contributed by atoms with E-state index in [1.165, 1.54) is 24.3 Å². The quantitative estimate of drug-likeness (QED) is 0.372. The van der Waals surface area contributed by atoms with Crippen LogP contribution in [0.15, 0.2) is 48.5 Å². The maximum Gasteiger partial charge on any atom is 0.269 e. The lowest BCUT2D eigenvalue weighted by atomic mass is 10.2. The van der Waals surface area contributed by atoms with Gasteiger partial charge >= 0.3 is 0 Å². The Kier molecular flexibility index (Phi) is 5.92. The molecular weight excluding hydrogens is 298 g/mol. The smallest absolute Gasteiger partial charge is 0.269 e. The van der Waals surface area contributed by atoms with Crippen LogP contribution >= 0.6 is 0 Å². The fourth-order valence-electron chi connectivity index (χ4n) is 1.64. The molecule has 0 unspecified atom stereocenters. The maximum absolute atomic E-state index is 10.3. The molecule has 0 saturated carbocycles. The Hall–Kier alpha value is -2.80. The zero-order chi connectivity index (χ0) is 17.6. The summed E-state index contributed by atoms with van der Waals surface area (Å²) in [5.41, 5.74) is 2.22. The lowest BCUT2D eigenvalue weighted by Gasteiger charge is -2.31. The Morgan fingerprint density at radius 3 is 1.48 bits per heavy atom. The number of hydrogen-bond donors (Lipinski definition) is 0. The molecule has 7 nitrogen and oxygen atoms in total. The average molecular weight is 317 g/mol. The molecule has 0 aliphatic carbocycles. The first-order valence-corrected chi connectivity index (χ1v) is 6.75. The van der Waals surface area contributed by atoms with Crippen LogP contribution in [0.1, 0.15) is 5.56 Å². The Balaban J connectivity index is 0.000000238. The normalized spacial score (nSPS) is 10.4. The molecule has 0 aliphatic heterocycles. The standard InChI is InChI=1S/C9H12N2O2.C7H7NO2/c1-11(2,3)9-6-4-8(5-7-9)10(12)13;1-6-2-4-7(5-3-6)8(9)10/h4-7H,1H2,2-3H3;2-5H,1H3. The molecule has 0 aromatic heterocycles. The van der Waals surface area contributed by atoms with E-state index in [0.717, 1.165) is 11.3 Å². The molecule has 0 fully saturated rings. The van der Waals surface area contributed by atoms with Gasteiger partial charge < -0.3 is 4.48 Å². The van der Waals surface area contributed by atoms with Crippen molar-refractivity contribution in [2.45, 2.75) is 6.92 Å². The average Bonchev–Trinajstić information content (AvgIpc) is 2.47. The van der Waals surface area contributed by atoms with E-state index in [4.69, 9.17) is 0 Å². The van der Waals surface area contributed by atoms with Crippen molar-refractivity contribution >= 4 is 17.1 Å². The van der Waals surface area contributed by atoms with Gasteiger partial charge in [0.1, 0.15) is 5.69 Å². The fourth-order valence-corrected chi connectivity index (χ4v) is 1.64. The molecule has 0 radical (unpaired) electrons. The molecule has 2 aromatic carbocycles. The summed E-state index contributed by atoms with van der Waals surface area (Å²) in [4.78, 5) is 19.7. The van der Waals surface area contributed by atoms with Crippen LogP contribution in [0.5, 0.6) is 0 Å². The molecule has 0 saturated heterocycles. The molecule has 2 aromatic rings. The summed E-state index contributed by atoms with van der Waals surface area (Å²) in [5.74, 6) is 0. The summed E-state index contributed by atoms with van der Waals surface area (Å²) in [7, 11) is 7.69. The minimum atomic E-state index is -0.410. The molecule has 0 heterocycles. The first kappa shape index (κ1) is 18.2. The van der Waals surface area contributed by atoms with E-state index >= 15 is 0 Å². The summed E-state index contributed by atoms with van der Waals surface area (Å²) in [6, 6.07) is 12.8. The van der Waals surface area contributed by atoms with E-state index in [0.29, 0.717) is 4.48 Å². The summed E-state index contributed by atoms with van der Waals surface area (Å²) >= 11 is 0. The van der Waals surface area contributed by atoms with Gasteiger partial charge in [0.05, 0.1) is 9.85 Å². The lowest BCUT2D eigenvalue weighted by Crippen LogP contribution is -2.31. The summed E-state index contributed by atoms with van der Waals surface area (Å²) < 4.78 is 0.415. The first-order chi connectivity index (χ1) is 10.6. The van der Waals surface area contributed by atoms with E-state index in [1.807, 2.05) is 21.0 Å². The van der Waals surface area contributed by atoms with Crippen LogP contribution in [-0.4, -0.2) is 23.9 Å². The summed E-state index contributed by atoms with van der Waals surface area (Å²) in [6.07, 6.45) is 0. The number of quaternary nitrogens is 1.